The first-order valence-electron chi connectivity index (χ1n) is 4.87. The van der Waals surface area contributed by atoms with E-state index in [1.807, 2.05) is 30.6 Å². The first-order chi connectivity index (χ1) is 7.74. The Kier molecular flexibility index (Phi) is 3.87. The van der Waals surface area contributed by atoms with Crippen LogP contribution < -0.4 is 5.32 Å². The van der Waals surface area contributed by atoms with Crippen molar-refractivity contribution in [2.75, 3.05) is 7.05 Å². The van der Waals surface area contributed by atoms with Crippen LogP contribution in [-0.4, -0.2) is 7.05 Å². The molecule has 0 saturated heterocycles. The van der Waals surface area contributed by atoms with Gasteiger partial charge in [-0.1, -0.05) is 29.3 Å². The van der Waals surface area contributed by atoms with Crippen molar-refractivity contribution in [1.29, 1.82) is 0 Å². The second kappa shape index (κ2) is 5.19. The number of halogens is 2. The molecule has 16 heavy (non-hydrogen) atoms. The predicted molar refractivity (Wildman–Crippen MR) is 71.7 cm³/mol. The van der Waals surface area contributed by atoms with E-state index in [2.05, 4.69) is 16.8 Å². The zero-order valence-electron chi connectivity index (χ0n) is 8.71. The molecular formula is C12H11Cl2NS. The van der Waals surface area contributed by atoms with E-state index < -0.39 is 0 Å². The zero-order chi connectivity index (χ0) is 11.5. The third-order valence-electron chi connectivity index (χ3n) is 2.45. The summed E-state index contributed by atoms with van der Waals surface area (Å²) in [4.78, 5) is 0. The van der Waals surface area contributed by atoms with Crippen LogP contribution in [0.3, 0.4) is 0 Å². The van der Waals surface area contributed by atoms with E-state index >= 15 is 0 Å². The van der Waals surface area contributed by atoms with Crippen molar-refractivity contribution in [2.45, 2.75) is 6.04 Å². The maximum absolute atomic E-state index is 6.20. The highest BCUT2D eigenvalue weighted by atomic mass is 35.5. The van der Waals surface area contributed by atoms with Crippen molar-refractivity contribution < 1.29 is 0 Å². The van der Waals surface area contributed by atoms with Gasteiger partial charge in [0.2, 0.25) is 0 Å². The fourth-order valence-corrected chi connectivity index (χ4v) is 3.01. The Balaban J connectivity index is 2.49. The van der Waals surface area contributed by atoms with E-state index in [-0.39, 0.29) is 6.04 Å². The molecule has 1 heterocycles. The Labute approximate surface area is 109 Å². The average Bonchev–Trinajstić information content (AvgIpc) is 2.77. The van der Waals surface area contributed by atoms with Gasteiger partial charge in [-0.2, -0.15) is 11.3 Å². The first-order valence-corrected chi connectivity index (χ1v) is 6.57. The lowest BCUT2D eigenvalue weighted by Gasteiger charge is -2.18. The number of thiophene rings is 1. The summed E-state index contributed by atoms with van der Waals surface area (Å²) in [7, 11) is 1.90. The molecule has 0 amide bonds. The molecule has 0 spiro atoms. The standard InChI is InChI=1S/C12H11Cl2NS/c1-15-12(8-5-6-16-7-8)11-9(13)3-2-4-10(11)14/h2-7,12,15H,1H3. The van der Waals surface area contributed by atoms with Crippen LogP contribution in [0.1, 0.15) is 17.2 Å². The summed E-state index contributed by atoms with van der Waals surface area (Å²) in [5.41, 5.74) is 2.12. The number of nitrogens with one attached hydrogen (secondary N) is 1. The van der Waals surface area contributed by atoms with Crippen LogP contribution in [0.25, 0.3) is 0 Å². The van der Waals surface area contributed by atoms with Gasteiger partial charge in [0.1, 0.15) is 0 Å². The van der Waals surface area contributed by atoms with Crippen molar-refractivity contribution >= 4 is 34.5 Å². The topological polar surface area (TPSA) is 12.0 Å². The molecule has 4 heteroatoms. The molecule has 1 aromatic carbocycles. The molecule has 0 bridgehead atoms. The highest BCUT2D eigenvalue weighted by molar-refractivity contribution is 7.08. The summed E-state index contributed by atoms with van der Waals surface area (Å²) in [6.07, 6.45) is 0. The van der Waals surface area contributed by atoms with Gasteiger partial charge in [-0.15, -0.1) is 0 Å². The molecule has 1 nitrogen and oxygen atoms in total. The molecule has 0 aliphatic carbocycles. The Bertz CT molecular complexity index is 448. The maximum atomic E-state index is 6.20. The van der Waals surface area contributed by atoms with Gasteiger partial charge in [-0.05, 0) is 41.6 Å². The summed E-state index contributed by atoms with van der Waals surface area (Å²) in [5.74, 6) is 0. The van der Waals surface area contributed by atoms with E-state index in [1.165, 1.54) is 5.56 Å². The second-order valence-electron chi connectivity index (χ2n) is 3.41. The molecule has 0 aliphatic rings. The van der Waals surface area contributed by atoms with E-state index in [4.69, 9.17) is 23.2 Å². The molecule has 1 atom stereocenters. The number of hydrogen-bond acceptors (Lipinski definition) is 2. The van der Waals surface area contributed by atoms with Gasteiger partial charge >= 0.3 is 0 Å². The number of hydrogen-bond donors (Lipinski definition) is 1. The van der Waals surface area contributed by atoms with Crippen LogP contribution in [0.4, 0.5) is 0 Å². The highest BCUT2D eigenvalue weighted by Crippen LogP contribution is 2.34. The minimum atomic E-state index is 0.0486. The van der Waals surface area contributed by atoms with Crippen LogP contribution in [0, 0.1) is 0 Å². The lowest BCUT2D eigenvalue weighted by molar-refractivity contribution is 0.695. The number of benzene rings is 1. The lowest BCUT2D eigenvalue weighted by atomic mass is 10.0. The van der Waals surface area contributed by atoms with Crippen LogP contribution in [0.15, 0.2) is 35.0 Å². The molecule has 0 aliphatic heterocycles. The largest absolute Gasteiger partial charge is 0.309 e. The van der Waals surface area contributed by atoms with Gasteiger partial charge in [0.05, 0.1) is 6.04 Å². The van der Waals surface area contributed by atoms with Crippen molar-refractivity contribution in [3.63, 3.8) is 0 Å². The van der Waals surface area contributed by atoms with Crippen molar-refractivity contribution in [3.8, 4) is 0 Å². The van der Waals surface area contributed by atoms with E-state index in [0.29, 0.717) is 10.0 Å². The van der Waals surface area contributed by atoms with E-state index in [1.54, 1.807) is 11.3 Å². The van der Waals surface area contributed by atoms with Crippen LogP contribution in [-0.2, 0) is 0 Å². The van der Waals surface area contributed by atoms with Gasteiger partial charge in [0, 0.05) is 15.6 Å². The average molecular weight is 272 g/mol. The van der Waals surface area contributed by atoms with Crippen LogP contribution in [0.5, 0.6) is 0 Å². The fourth-order valence-electron chi connectivity index (χ4n) is 1.70. The van der Waals surface area contributed by atoms with Crippen LogP contribution in [0.2, 0.25) is 10.0 Å². The smallest absolute Gasteiger partial charge is 0.0612 e. The van der Waals surface area contributed by atoms with Crippen molar-refractivity contribution in [1.82, 2.24) is 5.32 Å². The predicted octanol–water partition coefficient (Wildman–Crippen LogP) is 4.36. The molecular weight excluding hydrogens is 261 g/mol. The Morgan fingerprint density at radius 3 is 2.38 bits per heavy atom. The summed E-state index contributed by atoms with van der Waals surface area (Å²) >= 11 is 14.1. The summed E-state index contributed by atoms with van der Waals surface area (Å²) < 4.78 is 0. The summed E-state index contributed by atoms with van der Waals surface area (Å²) in [6.45, 7) is 0. The molecule has 1 unspecified atom stereocenters. The SMILES string of the molecule is CNC(c1ccsc1)c1c(Cl)cccc1Cl. The molecule has 0 fully saturated rings. The fraction of sp³-hybridized carbons (Fsp3) is 0.167. The monoisotopic (exact) mass is 271 g/mol. The molecule has 0 saturated carbocycles. The minimum Gasteiger partial charge on any atom is -0.309 e. The first kappa shape index (κ1) is 11.9. The zero-order valence-corrected chi connectivity index (χ0v) is 11.0. The van der Waals surface area contributed by atoms with Gasteiger partial charge in [-0.3, -0.25) is 0 Å². The molecule has 0 radical (unpaired) electrons. The second-order valence-corrected chi connectivity index (χ2v) is 5.01. The van der Waals surface area contributed by atoms with Crippen molar-refractivity contribution in [2.24, 2.45) is 0 Å². The molecule has 1 aromatic heterocycles. The third kappa shape index (κ3) is 2.25. The van der Waals surface area contributed by atoms with E-state index in [9.17, 15) is 0 Å². The summed E-state index contributed by atoms with van der Waals surface area (Å²) in [6, 6.07) is 7.70. The van der Waals surface area contributed by atoms with Gasteiger partial charge in [-0.25, -0.2) is 0 Å². The van der Waals surface area contributed by atoms with Gasteiger partial charge < -0.3 is 5.32 Å². The molecule has 84 valence electrons. The quantitative estimate of drug-likeness (QED) is 0.875. The maximum Gasteiger partial charge on any atom is 0.0612 e. The molecule has 2 rings (SSSR count). The Hall–Kier alpha value is -0.540. The summed E-state index contributed by atoms with van der Waals surface area (Å²) in [5, 5.41) is 8.77. The Morgan fingerprint density at radius 1 is 1.19 bits per heavy atom. The molecule has 2 aromatic rings. The third-order valence-corrected chi connectivity index (χ3v) is 3.81. The Morgan fingerprint density at radius 2 is 1.88 bits per heavy atom. The van der Waals surface area contributed by atoms with E-state index in [0.717, 1.165) is 5.56 Å². The molecule has 1 N–H and O–H groups in total. The van der Waals surface area contributed by atoms with Crippen LogP contribution >= 0.6 is 34.5 Å². The highest BCUT2D eigenvalue weighted by Gasteiger charge is 2.18. The number of rotatable bonds is 3. The van der Waals surface area contributed by atoms with Crippen molar-refractivity contribution in [3.05, 3.63) is 56.2 Å². The van der Waals surface area contributed by atoms with Gasteiger partial charge in [0.15, 0.2) is 0 Å². The minimum absolute atomic E-state index is 0.0486. The normalized spacial score (nSPS) is 12.7. The van der Waals surface area contributed by atoms with Gasteiger partial charge in [0.25, 0.3) is 0 Å². The lowest BCUT2D eigenvalue weighted by Crippen LogP contribution is -2.17.